The lowest BCUT2D eigenvalue weighted by molar-refractivity contribution is -0.384. The van der Waals surface area contributed by atoms with E-state index in [9.17, 15) is 20.0 Å². The van der Waals surface area contributed by atoms with Crippen molar-refractivity contribution in [3.63, 3.8) is 0 Å². The summed E-state index contributed by atoms with van der Waals surface area (Å²) in [5.74, 6) is 0.177. The Labute approximate surface area is 165 Å². The highest BCUT2D eigenvalue weighted by Gasteiger charge is 2.29. The van der Waals surface area contributed by atoms with Crippen LogP contribution in [-0.4, -0.2) is 21.6 Å². The Hall–Kier alpha value is -4.20. The first-order chi connectivity index (χ1) is 13.9. The van der Waals surface area contributed by atoms with Crippen molar-refractivity contribution in [2.24, 2.45) is 5.10 Å². The topological polar surface area (TPSA) is 109 Å². The van der Waals surface area contributed by atoms with Crippen LogP contribution in [0.1, 0.15) is 12.7 Å². The number of anilines is 1. The van der Waals surface area contributed by atoms with Gasteiger partial charge in [-0.1, -0.05) is 18.2 Å². The van der Waals surface area contributed by atoms with Gasteiger partial charge in [-0.25, -0.2) is 0 Å². The number of carbonyl (C=O) groups excluding carboxylic acids is 1. The molecule has 29 heavy (non-hydrogen) atoms. The van der Waals surface area contributed by atoms with Crippen molar-refractivity contribution in [2.75, 3.05) is 5.01 Å². The fourth-order valence-corrected chi connectivity index (χ4v) is 2.98. The second-order valence-electron chi connectivity index (χ2n) is 6.36. The number of hydrazone groups is 1. The average molecular weight is 389 g/mol. The van der Waals surface area contributed by atoms with Gasteiger partial charge < -0.3 is 9.52 Å². The van der Waals surface area contributed by atoms with Crippen molar-refractivity contribution in [2.45, 2.75) is 6.92 Å². The lowest BCUT2D eigenvalue weighted by atomic mass is 10.1. The predicted molar refractivity (Wildman–Crippen MR) is 107 cm³/mol. The molecule has 0 unspecified atom stereocenters. The number of rotatable bonds is 4. The maximum Gasteiger partial charge on any atom is 0.280 e. The van der Waals surface area contributed by atoms with Gasteiger partial charge in [-0.05, 0) is 43.3 Å². The summed E-state index contributed by atoms with van der Waals surface area (Å²) in [5.41, 5.74) is 1.59. The van der Waals surface area contributed by atoms with Gasteiger partial charge in [0.05, 0.1) is 27.5 Å². The monoisotopic (exact) mass is 389 g/mol. The predicted octanol–water partition coefficient (Wildman–Crippen LogP) is 4.37. The molecule has 1 N–H and O–H groups in total. The number of benzene rings is 2. The number of carbonyl (C=O) groups is 1. The SMILES string of the molecule is CC1=NN(c2ccccc2)C(=O)C1=Cc1ccc(-c2cc([N+](=O)[O-])ccc2O)o1. The molecule has 0 fully saturated rings. The summed E-state index contributed by atoms with van der Waals surface area (Å²) in [6.07, 6.45) is 1.56. The van der Waals surface area contributed by atoms with Gasteiger partial charge in [-0.3, -0.25) is 14.9 Å². The largest absolute Gasteiger partial charge is 0.507 e. The fraction of sp³-hybridized carbons (Fsp3) is 0.0476. The molecular formula is C21H15N3O5. The van der Waals surface area contributed by atoms with Crippen LogP contribution < -0.4 is 5.01 Å². The minimum absolute atomic E-state index is 0.144. The quantitative estimate of drug-likeness (QED) is 0.405. The normalized spacial score (nSPS) is 15.1. The number of phenols is 1. The van der Waals surface area contributed by atoms with Gasteiger partial charge in [0.2, 0.25) is 0 Å². The molecule has 0 saturated heterocycles. The third-order valence-corrected chi connectivity index (χ3v) is 4.43. The van der Waals surface area contributed by atoms with E-state index in [0.717, 1.165) is 0 Å². The molecule has 0 bridgehead atoms. The van der Waals surface area contributed by atoms with E-state index in [1.165, 1.54) is 23.2 Å². The smallest absolute Gasteiger partial charge is 0.280 e. The molecule has 1 aliphatic rings. The van der Waals surface area contributed by atoms with E-state index in [0.29, 0.717) is 22.7 Å². The third kappa shape index (κ3) is 3.39. The highest BCUT2D eigenvalue weighted by molar-refractivity contribution is 6.32. The van der Waals surface area contributed by atoms with E-state index in [-0.39, 0.29) is 28.7 Å². The van der Waals surface area contributed by atoms with Crippen LogP contribution in [-0.2, 0) is 4.79 Å². The van der Waals surface area contributed by atoms with Crippen LogP contribution in [0.3, 0.4) is 0 Å². The van der Waals surface area contributed by atoms with E-state index in [1.54, 1.807) is 37.3 Å². The van der Waals surface area contributed by atoms with Gasteiger partial charge in [0.15, 0.2) is 0 Å². The molecule has 4 rings (SSSR count). The van der Waals surface area contributed by atoms with Gasteiger partial charge in [0, 0.05) is 12.1 Å². The van der Waals surface area contributed by atoms with Gasteiger partial charge in [0.25, 0.3) is 11.6 Å². The van der Waals surface area contributed by atoms with Gasteiger partial charge >= 0.3 is 0 Å². The molecule has 3 aromatic rings. The summed E-state index contributed by atoms with van der Waals surface area (Å²) in [7, 11) is 0. The van der Waals surface area contributed by atoms with E-state index < -0.39 is 4.92 Å². The summed E-state index contributed by atoms with van der Waals surface area (Å²) in [4.78, 5) is 23.2. The number of nitrogens with zero attached hydrogens (tertiary/aromatic N) is 3. The Kier molecular flexibility index (Phi) is 4.44. The highest BCUT2D eigenvalue weighted by atomic mass is 16.6. The van der Waals surface area contributed by atoms with Crippen LogP contribution in [0.25, 0.3) is 17.4 Å². The summed E-state index contributed by atoms with van der Waals surface area (Å²) < 4.78 is 5.70. The minimum Gasteiger partial charge on any atom is -0.507 e. The zero-order chi connectivity index (χ0) is 20.5. The molecule has 2 heterocycles. The highest BCUT2D eigenvalue weighted by Crippen LogP contribution is 2.34. The lowest BCUT2D eigenvalue weighted by Crippen LogP contribution is -2.21. The van der Waals surface area contributed by atoms with Crippen LogP contribution in [0.15, 0.2) is 75.8 Å². The molecule has 1 aromatic heterocycles. The molecule has 1 amide bonds. The van der Waals surface area contributed by atoms with E-state index in [2.05, 4.69) is 5.10 Å². The minimum atomic E-state index is -0.552. The number of nitro groups is 1. The maximum absolute atomic E-state index is 12.8. The maximum atomic E-state index is 12.8. The Morgan fingerprint density at radius 1 is 1.14 bits per heavy atom. The van der Waals surface area contributed by atoms with Crippen molar-refractivity contribution in [1.82, 2.24) is 0 Å². The second-order valence-corrected chi connectivity index (χ2v) is 6.36. The van der Waals surface area contributed by atoms with Gasteiger partial charge in [-0.2, -0.15) is 10.1 Å². The zero-order valence-electron chi connectivity index (χ0n) is 15.3. The van der Waals surface area contributed by atoms with Crippen molar-refractivity contribution in [3.05, 3.63) is 82.1 Å². The first-order valence-corrected chi connectivity index (χ1v) is 8.68. The van der Waals surface area contributed by atoms with Crippen LogP contribution in [0.2, 0.25) is 0 Å². The molecular weight excluding hydrogens is 374 g/mol. The Morgan fingerprint density at radius 3 is 2.62 bits per heavy atom. The number of phenolic OH excluding ortho intramolecular Hbond substituents is 1. The molecule has 1 aliphatic heterocycles. The molecule has 8 nitrogen and oxygen atoms in total. The zero-order valence-corrected chi connectivity index (χ0v) is 15.3. The third-order valence-electron chi connectivity index (χ3n) is 4.43. The van der Waals surface area contributed by atoms with Crippen molar-refractivity contribution >= 4 is 29.1 Å². The molecule has 144 valence electrons. The van der Waals surface area contributed by atoms with Crippen LogP contribution in [0.5, 0.6) is 5.75 Å². The number of para-hydroxylation sites is 1. The van der Waals surface area contributed by atoms with Crippen LogP contribution in [0, 0.1) is 10.1 Å². The van der Waals surface area contributed by atoms with E-state index in [1.807, 2.05) is 18.2 Å². The van der Waals surface area contributed by atoms with Gasteiger partial charge in [0.1, 0.15) is 17.3 Å². The molecule has 0 aliphatic carbocycles. The first-order valence-electron chi connectivity index (χ1n) is 8.68. The number of aromatic hydroxyl groups is 1. The summed E-state index contributed by atoms with van der Waals surface area (Å²) in [6.45, 7) is 1.73. The number of hydrogen-bond acceptors (Lipinski definition) is 6. The number of furan rings is 1. The summed E-state index contributed by atoms with van der Waals surface area (Å²) >= 11 is 0. The molecule has 0 spiro atoms. The van der Waals surface area contributed by atoms with Crippen molar-refractivity contribution in [3.8, 4) is 17.1 Å². The van der Waals surface area contributed by atoms with Crippen molar-refractivity contribution in [1.29, 1.82) is 0 Å². The van der Waals surface area contributed by atoms with Crippen LogP contribution in [0.4, 0.5) is 11.4 Å². The Morgan fingerprint density at radius 2 is 1.90 bits per heavy atom. The molecule has 8 heteroatoms. The Balaban J connectivity index is 1.65. The van der Waals surface area contributed by atoms with Crippen molar-refractivity contribution < 1.29 is 19.2 Å². The van der Waals surface area contributed by atoms with Crippen LogP contribution >= 0.6 is 0 Å². The lowest BCUT2D eigenvalue weighted by Gasteiger charge is -2.10. The standard InChI is InChI=1S/C21H15N3O5/c1-13-17(21(26)23(22-13)14-5-3-2-4-6-14)12-16-8-10-20(29-16)18-11-15(24(27)28)7-9-19(18)25/h2-12,25H,1H3. The summed E-state index contributed by atoms with van der Waals surface area (Å²) in [5, 5.41) is 26.6. The second kappa shape index (κ2) is 7.08. The molecule has 0 radical (unpaired) electrons. The number of non-ortho nitro benzene ring substituents is 1. The molecule has 0 saturated carbocycles. The summed E-state index contributed by atoms with van der Waals surface area (Å²) in [6, 6.07) is 15.9. The fourth-order valence-electron chi connectivity index (χ4n) is 2.98. The molecule has 0 atom stereocenters. The average Bonchev–Trinajstić information content (AvgIpc) is 3.29. The number of amides is 1. The number of nitro benzene ring substituents is 1. The van der Waals surface area contributed by atoms with E-state index >= 15 is 0 Å². The van der Waals surface area contributed by atoms with E-state index in [4.69, 9.17) is 4.42 Å². The number of hydrogen-bond donors (Lipinski definition) is 1. The Bertz CT molecular complexity index is 1180. The first kappa shape index (κ1) is 18.2. The molecule has 2 aromatic carbocycles. The van der Waals surface area contributed by atoms with Gasteiger partial charge in [-0.15, -0.1) is 0 Å².